The Hall–Kier alpha value is -1.66. The topological polar surface area (TPSA) is 52.1 Å². The molecule has 0 aliphatic heterocycles. The van der Waals surface area contributed by atoms with Crippen LogP contribution in [0.5, 0.6) is 5.88 Å². The van der Waals surface area contributed by atoms with Crippen molar-refractivity contribution in [3.8, 4) is 5.88 Å². The average Bonchev–Trinajstić information content (AvgIpc) is 2.03. The van der Waals surface area contributed by atoms with E-state index < -0.39 is 12.2 Å². The van der Waals surface area contributed by atoms with Crippen LogP contribution in [0.2, 0.25) is 0 Å². The lowest BCUT2D eigenvalue weighted by Gasteiger charge is -2.05. The number of alkyl halides is 3. The Morgan fingerprint density at radius 3 is 2.38 bits per heavy atom. The first-order valence-corrected chi connectivity index (χ1v) is 3.06. The lowest BCUT2D eigenvalue weighted by atomic mass is 10.4. The van der Waals surface area contributed by atoms with Crippen molar-refractivity contribution >= 4 is 6.29 Å². The van der Waals surface area contributed by atoms with E-state index in [1.807, 2.05) is 0 Å². The molecule has 0 bridgehead atoms. The molecule has 1 aromatic rings. The number of rotatable bonds is 2. The van der Waals surface area contributed by atoms with E-state index in [0.29, 0.717) is 6.29 Å². The van der Waals surface area contributed by atoms with Gasteiger partial charge >= 0.3 is 6.36 Å². The largest absolute Gasteiger partial charge is 0.574 e. The molecular weight excluding hydrogens is 189 g/mol. The van der Waals surface area contributed by atoms with Gasteiger partial charge in [-0.3, -0.25) is 4.79 Å². The predicted octanol–water partition coefficient (Wildman–Crippen LogP) is 1.19. The van der Waals surface area contributed by atoms with E-state index in [4.69, 9.17) is 0 Å². The van der Waals surface area contributed by atoms with Crippen LogP contribution in [0.3, 0.4) is 0 Å². The van der Waals surface area contributed by atoms with Gasteiger partial charge in [0.1, 0.15) is 5.69 Å². The first-order chi connectivity index (χ1) is 6.01. The predicted molar refractivity (Wildman–Crippen MR) is 34.1 cm³/mol. The number of aromatic nitrogens is 2. The number of nitrogens with zero attached hydrogens (tertiary/aromatic N) is 2. The molecule has 4 nitrogen and oxygen atoms in total. The zero-order valence-corrected chi connectivity index (χ0v) is 6.08. The molecule has 0 radical (unpaired) electrons. The highest BCUT2D eigenvalue weighted by molar-refractivity contribution is 5.71. The van der Waals surface area contributed by atoms with Gasteiger partial charge in [0.05, 0.1) is 0 Å². The number of carbonyl (C=O) groups excluding carboxylic acids is 1. The fourth-order valence-corrected chi connectivity index (χ4v) is 0.566. The summed E-state index contributed by atoms with van der Waals surface area (Å²) < 4.78 is 38.1. The van der Waals surface area contributed by atoms with Crippen LogP contribution < -0.4 is 4.74 Å². The van der Waals surface area contributed by atoms with Gasteiger partial charge in [0.2, 0.25) is 5.88 Å². The molecule has 7 heteroatoms. The van der Waals surface area contributed by atoms with Crippen molar-refractivity contribution in [1.29, 1.82) is 0 Å². The van der Waals surface area contributed by atoms with E-state index in [9.17, 15) is 18.0 Å². The highest BCUT2D eigenvalue weighted by atomic mass is 19.4. The van der Waals surface area contributed by atoms with Gasteiger partial charge in [-0.05, 0) is 6.07 Å². The summed E-state index contributed by atoms with van der Waals surface area (Å²) in [5.41, 5.74) is -0.0606. The van der Waals surface area contributed by atoms with Crippen LogP contribution in [0.25, 0.3) is 0 Å². The Balaban J connectivity index is 2.75. The van der Waals surface area contributed by atoms with Crippen LogP contribution >= 0.6 is 0 Å². The molecule has 0 N–H and O–H groups in total. The smallest absolute Gasteiger partial charge is 0.386 e. The summed E-state index contributed by atoms with van der Waals surface area (Å²) in [5, 5.41) is 6.15. The zero-order valence-electron chi connectivity index (χ0n) is 6.08. The van der Waals surface area contributed by atoms with Crippen molar-refractivity contribution in [3.05, 3.63) is 17.8 Å². The lowest BCUT2D eigenvalue weighted by molar-refractivity contribution is -0.276. The van der Waals surface area contributed by atoms with E-state index >= 15 is 0 Å². The van der Waals surface area contributed by atoms with E-state index in [-0.39, 0.29) is 5.69 Å². The van der Waals surface area contributed by atoms with Crippen LogP contribution in [-0.2, 0) is 0 Å². The highest BCUT2D eigenvalue weighted by Gasteiger charge is 2.31. The van der Waals surface area contributed by atoms with Crippen molar-refractivity contribution in [1.82, 2.24) is 10.2 Å². The first-order valence-electron chi connectivity index (χ1n) is 3.06. The maximum atomic E-state index is 11.6. The van der Waals surface area contributed by atoms with Gasteiger partial charge in [-0.1, -0.05) is 0 Å². The Kier molecular flexibility index (Phi) is 2.45. The molecule has 1 rings (SSSR count). The Morgan fingerprint density at radius 2 is 2.00 bits per heavy atom. The molecule has 13 heavy (non-hydrogen) atoms. The maximum Gasteiger partial charge on any atom is 0.574 e. The molecule has 0 unspecified atom stereocenters. The number of ether oxygens (including phenoxy) is 1. The minimum atomic E-state index is -4.79. The average molecular weight is 192 g/mol. The lowest BCUT2D eigenvalue weighted by Crippen LogP contribution is -2.18. The molecule has 0 fully saturated rings. The Bertz CT molecular complexity index is 296. The molecule has 0 amide bonds. The number of aldehydes is 1. The second kappa shape index (κ2) is 3.38. The second-order valence-electron chi connectivity index (χ2n) is 1.96. The Labute approximate surface area is 70.3 Å². The molecule has 0 aliphatic carbocycles. The molecule has 0 saturated heterocycles. The third-order valence-electron chi connectivity index (χ3n) is 1.00. The van der Waals surface area contributed by atoms with E-state index in [0.717, 1.165) is 12.1 Å². The summed E-state index contributed by atoms with van der Waals surface area (Å²) >= 11 is 0. The van der Waals surface area contributed by atoms with Crippen LogP contribution in [-0.4, -0.2) is 22.8 Å². The van der Waals surface area contributed by atoms with Gasteiger partial charge in [0.25, 0.3) is 0 Å². The maximum absolute atomic E-state index is 11.6. The normalized spacial score (nSPS) is 11.0. The third-order valence-corrected chi connectivity index (χ3v) is 1.00. The molecule has 0 spiro atoms. The summed E-state index contributed by atoms with van der Waals surface area (Å²) in [6.45, 7) is 0. The van der Waals surface area contributed by atoms with Crippen LogP contribution in [0.1, 0.15) is 10.5 Å². The summed E-state index contributed by atoms with van der Waals surface area (Å²) in [6.07, 6.45) is -4.43. The molecule has 0 saturated carbocycles. The molecule has 70 valence electrons. The second-order valence-corrected chi connectivity index (χ2v) is 1.96. The zero-order chi connectivity index (χ0) is 9.90. The van der Waals surface area contributed by atoms with Crippen molar-refractivity contribution in [2.75, 3.05) is 0 Å². The number of hydrogen-bond donors (Lipinski definition) is 0. The monoisotopic (exact) mass is 192 g/mol. The van der Waals surface area contributed by atoms with Crippen molar-refractivity contribution in [2.24, 2.45) is 0 Å². The SMILES string of the molecule is O=Cc1ccc(OC(F)(F)F)nn1. The van der Waals surface area contributed by atoms with Gasteiger partial charge in [-0.2, -0.15) is 0 Å². The fourth-order valence-electron chi connectivity index (χ4n) is 0.566. The van der Waals surface area contributed by atoms with E-state index in [2.05, 4.69) is 14.9 Å². The van der Waals surface area contributed by atoms with Crippen molar-refractivity contribution in [3.63, 3.8) is 0 Å². The minimum Gasteiger partial charge on any atom is -0.386 e. The van der Waals surface area contributed by atoms with Crippen molar-refractivity contribution < 1.29 is 22.7 Å². The summed E-state index contributed by atoms with van der Waals surface area (Å²) in [5.74, 6) is -0.696. The molecule has 0 aliphatic rings. The molecule has 1 aromatic heterocycles. The first kappa shape index (κ1) is 9.43. The standard InChI is InChI=1S/C6H3F3N2O2/c7-6(8,9)13-5-2-1-4(3-12)10-11-5/h1-3H. The van der Waals surface area contributed by atoms with E-state index in [1.165, 1.54) is 0 Å². The van der Waals surface area contributed by atoms with Gasteiger partial charge < -0.3 is 4.74 Å². The fraction of sp³-hybridized carbons (Fsp3) is 0.167. The van der Waals surface area contributed by atoms with Crippen LogP contribution in [0.15, 0.2) is 12.1 Å². The van der Waals surface area contributed by atoms with Crippen LogP contribution in [0.4, 0.5) is 13.2 Å². The number of carbonyl (C=O) groups is 1. The molecule has 1 heterocycles. The van der Waals surface area contributed by atoms with E-state index in [1.54, 1.807) is 0 Å². The van der Waals surface area contributed by atoms with Gasteiger partial charge in [-0.15, -0.1) is 23.4 Å². The highest BCUT2D eigenvalue weighted by Crippen LogP contribution is 2.19. The molecular formula is C6H3F3N2O2. The Morgan fingerprint density at radius 1 is 1.31 bits per heavy atom. The number of hydrogen-bond acceptors (Lipinski definition) is 4. The third kappa shape index (κ3) is 3.06. The van der Waals surface area contributed by atoms with Gasteiger partial charge in [0.15, 0.2) is 6.29 Å². The molecule has 0 aromatic carbocycles. The van der Waals surface area contributed by atoms with Crippen molar-refractivity contribution in [2.45, 2.75) is 6.36 Å². The quantitative estimate of drug-likeness (QED) is 0.660. The van der Waals surface area contributed by atoms with Gasteiger partial charge in [0, 0.05) is 6.07 Å². The summed E-state index contributed by atoms with van der Waals surface area (Å²) in [7, 11) is 0. The summed E-state index contributed by atoms with van der Waals surface area (Å²) in [6, 6.07) is 1.98. The number of halogens is 3. The van der Waals surface area contributed by atoms with Gasteiger partial charge in [-0.25, -0.2) is 0 Å². The molecule has 0 atom stereocenters. The van der Waals surface area contributed by atoms with Crippen LogP contribution in [0, 0.1) is 0 Å². The summed E-state index contributed by atoms with van der Waals surface area (Å²) in [4.78, 5) is 10.0. The minimum absolute atomic E-state index is 0.0606.